The molecule has 70 valence electrons. The second kappa shape index (κ2) is 3.00. The molecular formula is C10H12FNO. The van der Waals surface area contributed by atoms with Crippen molar-refractivity contribution in [1.82, 2.24) is 0 Å². The van der Waals surface area contributed by atoms with Crippen molar-refractivity contribution < 1.29 is 9.50 Å². The molecule has 1 aliphatic carbocycles. The van der Waals surface area contributed by atoms with Crippen LogP contribution in [0.4, 0.5) is 4.39 Å². The van der Waals surface area contributed by atoms with E-state index in [0.29, 0.717) is 18.4 Å². The standard InChI is InChI=1S/C10H12FNO/c11-9-4-6(1-2-10(9)13)8-3-7(8)5-12/h1-2,4,7-8,13H,3,5,12H2. The van der Waals surface area contributed by atoms with Gasteiger partial charge in [0.1, 0.15) is 0 Å². The van der Waals surface area contributed by atoms with E-state index >= 15 is 0 Å². The number of nitrogens with two attached hydrogens (primary N) is 1. The second-order valence-corrected chi connectivity index (χ2v) is 3.55. The molecule has 2 rings (SSSR count). The van der Waals surface area contributed by atoms with Crippen LogP contribution in [-0.4, -0.2) is 11.7 Å². The minimum absolute atomic E-state index is 0.284. The summed E-state index contributed by atoms with van der Waals surface area (Å²) in [6.45, 7) is 0.660. The Kier molecular flexibility index (Phi) is 1.96. The lowest BCUT2D eigenvalue weighted by atomic mass is 10.1. The normalized spacial score (nSPS) is 26.0. The van der Waals surface area contributed by atoms with Gasteiger partial charge in [-0.2, -0.15) is 0 Å². The number of benzene rings is 1. The van der Waals surface area contributed by atoms with Gasteiger partial charge in [0.05, 0.1) is 0 Å². The van der Waals surface area contributed by atoms with Crippen molar-refractivity contribution in [3.63, 3.8) is 0 Å². The van der Waals surface area contributed by atoms with Crippen LogP contribution in [0.3, 0.4) is 0 Å². The summed E-state index contributed by atoms with van der Waals surface area (Å²) >= 11 is 0. The summed E-state index contributed by atoms with van der Waals surface area (Å²) in [6.07, 6.45) is 1.04. The Morgan fingerprint density at radius 1 is 1.54 bits per heavy atom. The van der Waals surface area contributed by atoms with Gasteiger partial charge in [-0.05, 0) is 42.5 Å². The fourth-order valence-electron chi connectivity index (χ4n) is 1.67. The third-order valence-electron chi connectivity index (χ3n) is 2.63. The van der Waals surface area contributed by atoms with Gasteiger partial charge in [-0.3, -0.25) is 0 Å². The molecule has 0 amide bonds. The molecule has 2 atom stereocenters. The molecule has 13 heavy (non-hydrogen) atoms. The van der Waals surface area contributed by atoms with Crippen molar-refractivity contribution in [2.24, 2.45) is 11.7 Å². The van der Waals surface area contributed by atoms with Gasteiger partial charge in [0.2, 0.25) is 0 Å². The number of hydrogen-bond acceptors (Lipinski definition) is 2. The molecule has 2 nitrogen and oxygen atoms in total. The Hall–Kier alpha value is -1.09. The first kappa shape index (κ1) is 8.51. The van der Waals surface area contributed by atoms with Crippen molar-refractivity contribution >= 4 is 0 Å². The van der Waals surface area contributed by atoms with Crippen LogP contribution in [0.2, 0.25) is 0 Å². The summed E-state index contributed by atoms with van der Waals surface area (Å²) < 4.78 is 12.9. The lowest BCUT2D eigenvalue weighted by molar-refractivity contribution is 0.431. The summed E-state index contributed by atoms with van der Waals surface area (Å²) in [5.41, 5.74) is 6.44. The zero-order valence-electron chi connectivity index (χ0n) is 7.20. The highest BCUT2D eigenvalue weighted by Crippen LogP contribution is 2.47. The van der Waals surface area contributed by atoms with Crippen molar-refractivity contribution in [1.29, 1.82) is 0 Å². The zero-order valence-corrected chi connectivity index (χ0v) is 7.20. The first-order chi connectivity index (χ1) is 6.22. The molecule has 1 saturated carbocycles. The minimum Gasteiger partial charge on any atom is -0.505 e. The molecule has 1 aromatic rings. The van der Waals surface area contributed by atoms with Gasteiger partial charge in [0.15, 0.2) is 11.6 Å². The highest BCUT2D eigenvalue weighted by molar-refractivity contribution is 5.33. The van der Waals surface area contributed by atoms with Gasteiger partial charge in [0.25, 0.3) is 0 Å². The monoisotopic (exact) mass is 181 g/mol. The predicted molar refractivity (Wildman–Crippen MR) is 48.0 cm³/mol. The van der Waals surface area contributed by atoms with Crippen molar-refractivity contribution in [3.05, 3.63) is 29.6 Å². The van der Waals surface area contributed by atoms with E-state index in [1.807, 2.05) is 0 Å². The molecule has 3 heteroatoms. The van der Waals surface area contributed by atoms with Gasteiger partial charge in [0, 0.05) is 0 Å². The SMILES string of the molecule is NCC1CC1c1ccc(O)c(F)c1. The van der Waals surface area contributed by atoms with Crippen LogP contribution in [0, 0.1) is 11.7 Å². The van der Waals surface area contributed by atoms with E-state index in [9.17, 15) is 4.39 Å². The third-order valence-corrected chi connectivity index (χ3v) is 2.63. The van der Waals surface area contributed by atoms with Gasteiger partial charge in [-0.15, -0.1) is 0 Å². The quantitative estimate of drug-likeness (QED) is 0.727. The van der Waals surface area contributed by atoms with Gasteiger partial charge in [-0.1, -0.05) is 6.07 Å². The van der Waals surface area contributed by atoms with Crippen LogP contribution in [0.5, 0.6) is 5.75 Å². The minimum atomic E-state index is -0.542. The van der Waals surface area contributed by atoms with Crippen LogP contribution >= 0.6 is 0 Å². The van der Waals surface area contributed by atoms with Gasteiger partial charge in [-0.25, -0.2) is 4.39 Å². The maximum absolute atomic E-state index is 12.9. The lowest BCUT2D eigenvalue weighted by Crippen LogP contribution is -2.01. The smallest absolute Gasteiger partial charge is 0.165 e. The predicted octanol–water partition coefficient (Wildman–Crippen LogP) is 1.59. The topological polar surface area (TPSA) is 46.2 Å². The van der Waals surface area contributed by atoms with E-state index in [1.165, 1.54) is 12.1 Å². The Morgan fingerprint density at radius 3 is 2.85 bits per heavy atom. The number of aromatic hydroxyl groups is 1. The second-order valence-electron chi connectivity index (χ2n) is 3.55. The molecule has 3 N–H and O–H groups in total. The number of phenolic OH excluding ortho intramolecular Hbond substituents is 1. The van der Waals surface area contributed by atoms with E-state index in [4.69, 9.17) is 10.8 Å². The molecule has 0 heterocycles. The van der Waals surface area contributed by atoms with Gasteiger partial charge < -0.3 is 10.8 Å². The average molecular weight is 181 g/mol. The molecule has 2 unspecified atom stereocenters. The van der Waals surface area contributed by atoms with E-state index in [2.05, 4.69) is 0 Å². The van der Waals surface area contributed by atoms with Gasteiger partial charge >= 0.3 is 0 Å². The summed E-state index contributed by atoms with van der Waals surface area (Å²) in [6, 6.07) is 4.56. The summed E-state index contributed by atoms with van der Waals surface area (Å²) in [5, 5.41) is 8.97. The Labute approximate surface area is 76.2 Å². The van der Waals surface area contributed by atoms with E-state index in [-0.39, 0.29) is 5.75 Å². The van der Waals surface area contributed by atoms with Crippen LogP contribution in [0.15, 0.2) is 18.2 Å². The molecule has 0 aliphatic heterocycles. The van der Waals surface area contributed by atoms with Crippen molar-refractivity contribution in [3.8, 4) is 5.75 Å². The number of hydrogen-bond donors (Lipinski definition) is 2. The molecular weight excluding hydrogens is 169 g/mol. The van der Waals surface area contributed by atoms with E-state index < -0.39 is 5.82 Å². The Bertz CT molecular complexity index is 327. The van der Waals surface area contributed by atoms with Crippen molar-refractivity contribution in [2.45, 2.75) is 12.3 Å². The maximum atomic E-state index is 12.9. The molecule has 1 fully saturated rings. The molecule has 0 saturated heterocycles. The number of halogens is 1. The highest BCUT2D eigenvalue weighted by atomic mass is 19.1. The Morgan fingerprint density at radius 2 is 2.31 bits per heavy atom. The zero-order chi connectivity index (χ0) is 9.42. The summed E-state index contributed by atoms with van der Waals surface area (Å²) in [5.74, 6) is 0.0814. The number of phenols is 1. The molecule has 0 aromatic heterocycles. The fraction of sp³-hybridized carbons (Fsp3) is 0.400. The molecule has 0 radical (unpaired) electrons. The number of rotatable bonds is 2. The summed E-state index contributed by atoms with van der Waals surface area (Å²) in [7, 11) is 0. The molecule has 1 aliphatic rings. The molecule has 0 spiro atoms. The third kappa shape index (κ3) is 1.52. The lowest BCUT2D eigenvalue weighted by Gasteiger charge is -2.00. The first-order valence-electron chi connectivity index (χ1n) is 4.41. The fourth-order valence-corrected chi connectivity index (χ4v) is 1.67. The highest BCUT2D eigenvalue weighted by Gasteiger charge is 2.37. The largest absolute Gasteiger partial charge is 0.505 e. The Balaban J connectivity index is 2.19. The van der Waals surface area contributed by atoms with E-state index in [0.717, 1.165) is 12.0 Å². The maximum Gasteiger partial charge on any atom is 0.165 e. The van der Waals surface area contributed by atoms with Crippen LogP contribution in [0.1, 0.15) is 17.9 Å². The first-order valence-corrected chi connectivity index (χ1v) is 4.41. The van der Waals surface area contributed by atoms with E-state index in [1.54, 1.807) is 6.07 Å². The van der Waals surface area contributed by atoms with Crippen LogP contribution in [0.25, 0.3) is 0 Å². The van der Waals surface area contributed by atoms with Crippen LogP contribution < -0.4 is 5.73 Å². The van der Waals surface area contributed by atoms with Crippen LogP contribution in [-0.2, 0) is 0 Å². The molecule has 0 bridgehead atoms. The van der Waals surface area contributed by atoms with Crippen molar-refractivity contribution in [2.75, 3.05) is 6.54 Å². The summed E-state index contributed by atoms with van der Waals surface area (Å²) in [4.78, 5) is 0. The average Bonchev–Trinajstić information content (AvgIpc) is 2.88. The molecule has 1 aromatic carbocycles.